The van der Waals surface area contributed by atoms with E-state index in [1.54, 1.807) is 13.2 Å². The van der Waals surface area contributed by atoms with Gasteiger partial charge in [-0.3, -0.25) is 0 Å². The summed E-state index contributed by atoms with van der Waals surface area (Å²) >= 11 is 0. The summed E-state index contributed by atoms with van der Waals surface area (Å²) in [6, 6.07) is 13.5. The second-order valence-electron chi connectivity index (χ2n) is 6.36. The second-order valence-corrected chi connectivity index (χ2v) is 6.36. The Balaban J connectivity index is 1.67. The van der Waals surface area contributed by atoms with Crippen molar-refractivity contribution < 1.29 is 19.3 Å². The Morgan fingerprint density at radius 1 is 1.19 bits per heavy atom. The van der Waals surface area contributed by atoms with Crippen molar-refractivity contribution in [2.75, 3.05) is 13.9 Å². The summed E-state index contributed by atoms with van der Waals surface area (Å²) < 4.78 is 18.7. The van der Waals surface area contributed by atoms with Gasteiger partial charge in [0, 0.05) is 18.4 Å². The van der Waals surface area contributed by atoms with E-state index in [0.717, 1.165) is 34.0 Å². The van der Waals surface area contributed by atoms with Crippen molar-refractivity contribution in [3.05, 3.63) is 65.5 Å². The van der Waals surface area contributed by atoms with E-state index in [-0.39, 0.29) is 18.6 Å². The molecule has 1 aromatic heterocycles. The highest BCUT2D eigenvalue weighted by molar-refractivity contribution is 5.63. The first-order valence-corrected chi connectivity index (χ1v) is 8.45. The van der Waals surface area contributed by atoms with Crippen molar-refractivity contribution in [2.24, 2.45) is 0 Å². The SMILES string of the molecule is COc1cc([C@@H]2NCc3ccc4c(c3-n3cccc32)OCO4)ccc1O. The molecule has 3 heterocycles. The summed E-state index contributed by atoms with van der Waals surface area (Å²) in [5, 5.41) is 13.5. The molecule has 2 aliphatic heterocycles. The van der Waals surface area contributed by atoms with Crippen LogP contribution < -0.4 is 19.5 Å². The Hall–Kier alpha value is -3.12. The molecule has 6 nitrogen and oxygen atoms in total. The molecule has 2 N–H and O–H groups in total. The third-order valence-corrected chi connectivity index (χ3v) is 4.95. The molecular formula is C20H18N2O4. The molecule has 0 amide bonds. The number of nitrogens with one attached hydrogen (secondary N) is 1. The Morgan fingerprint density at radius 2 is 2.12 bits per heavy atom. The van der Waals surface area contributed by atoms with Gasteiger partial charge in [0.15, 0.2) is 23.0 Å². The summed E-state index contributed by atoms with van der Waals surface area (Å²) in [6.07, 6.45) is 2.04. The molecule has 0 saturated carbocycles. The largest absolute Gasteiger partial charge is 0.504 e. The van der Waals surface area contributed by atoms with E-state index >= 15 is 0 Å². The first-order valence-electron chi connectivity index (χ1n) is 8.45. The highest BCUT2D eigenvalue weighted by Crippen LogP contribution is 2.43. The molecule has 26 heavy (non-hydrogen) atoms. The van der Waals surface area contributed by atoms with E-state index in [2.05, 4.69) is 22.0 Å². The van der Waals surface area contributed by atoms with Crippen LogP contribution in [0.1, 0.15) is 22.9 Å². The van der Waals surface area contributed by atoms with Gasteiger partial charge in [-0.2, -0.15) is 0 Å². The molecule has 6 heteroatoms. The van der Waals surface area contributed by atoms with Crippen LogP contribution in [0.5, 0.6) is 23.0 Å². The maximum Gasteiger partial charge on any atom is 0.231 e. The summed E-state index contributed by atoms with van der Waals surface area (Å²) in [4.78, 5) is 0. The molecule has 1 atom stereocenters. The molecule has 0 fully saturated rings. The van der Waals surface area contributed by atoms with Crippen LogP contribution in [-0.4, -0.2) is 23.6 Å². The monoisotopic (exact) mass is 350 g/mol. The topological polar surface area (TPSA) is 64.9 Å². The highest BCUT2D eigenvalue weighted by Gasteiger charge is 2.29. The smallest absolute Gasteiger partial charge is 0.231 e. The molecule has 5 rings (SSSR count). The summed E-state index contributed by atoms with van der Waals surface area (Å²) in [5.41, 5.74) is 4.25. The summed E-state index contributed by atoms with van der Waals surface area (Å²) in [6.45, 7) is 0.927. The summed E-state index contributed by atoms with van der Waals surface area (Å²) in [7, 11) is 1.55. The first kappa shape index (κ1) is 15.2. The van der Waals surface area contributed by atoms with E-state index in [0.29, 0.717) is 12.3 Å². The van der Waals surface area contributed by atoms with Crippen LogP contribution in [0, 0.1) is 0 Å². The van der Waals surface area contributed by atoms with Gasteiger partial charge in [0.05, 0.1) is 18.8 Å². The number of aromatic hydroxyl groups is 1. The van der Waals surface area contributed by atoms with Crippen molar-refractivity contribution >= 4 is 0 Å². The molecule has 0 aliphatic carbocycles. The first-order chi connectivity index (χ1) is 12.8. The number of benzene rings is 2. The predicted molar refractivity (Wildman–Crippen MR) is 95.2 cm³/mol. The van der Waals surface area contributed by atoms with Crippen molar-refractivity contribution in [3.63, 3.8) is 0 Å². The van der Waals surface area contributed by atoms with Crippen LogP contribution >= 0.6 is 0 Å². The van der Waals surface area contributed by atoms with Gasteiger partial charge in [-0.15, -0.1) is 0 Å². The Labute approximate surface area is 150 Å². The van der Waals surface area contributed by atoms with Crippen molar-refractivity contribution in [1.82, 2.24) is 9.88 Å². The van der Waals surface area contributed by atoms with Gasteiger partial charge >= 0.3 is 0 Å². The molecule has 2 aliphatic rings. The molecule has 132 valence electrons. The number of hydrogen-bond acceptors (Lipinski definition) is 5. The number of nitrogens with zero attached hydrogens (tertiary/aromatic N) is 1. The molecule has 3 aromatic rings. The minimum atomic E-state index is -0.0510. The third-order valence-electron chi connectivity index (χ3n) is 4.95. The fourth-order valence-electron chi connectivity index (χ4n) is 3.72. The minimum Gasteiger partial charge on any atom is -0.504 e. The summed E-state index contributed by atoms with van der Waals surface area (Å²) in [5.74, 6) is 2.15. The normalized spacial score (nSPS) is 17.3. The van der Waals surface area contributed by atoms with Gasteiger partial charge in [0.25, 0.3) is 0 Å². The van der Waals surface area contributed by atoms with E-state index in [1.165, 1.54) is 0 Å². The van der Waals surface area contributed by atoms with Crippen LogP contribution in [0.3, 0.4) is 0 Å². The molecule has 0 saturated heterocycles. The van der Waals surface area contributed by atoms with Gasteiger partial charge in [0.1, 0.15) is 0 Å². The van der Waals surface area contributed by atoms with Crippen LogP contribution in [0.2, 0.25) is 0 Å². The molecular weight excluding hydrogens is 332 g/mol. The number of methoxy groups -OCH3 is 1. The van der Waals surface area contributed by atoms with Crippen molar-refractivity contribution in [2.45, 2.75) is 12.6 Å². The van der Waals surface area contributed by atoms with Crippen LogP contribution in [-0.2, 0) is 6.54 Å². The number of aromatic nitrogens is 1. The van der Waals surface area contributed by atoms with E-state index < -0.39 is 0 Å². The predicted octanol–water partition coefficient (Wildman–Crippen LogP) is 3.11. The number of hydrogen-bond donors (Lipinski definition) is 2. The third kappa shape index (κ3) is 2.16. The maximum atomic E-state index is 9.91. The van der Waals surface area contributed by atoms with Crippen LogP contribution in [0.25, 0.3) is 5.69 Å². The van der Waals surface area contributed by atoms with Crippen molar-refractivity contribution in [1.29, 1.82) is 0 Å². The maximum absolute atomic E-state index is 9.91. The molecule has 2 aromatic carbocycles. The quantitative estimate of drug-likeness (QED) is 0.743. The highest BCUT2D eigenvalue weighted by atomic mass is 16.7. The zero-order valence-corrected chi connectivity index (χ0v) is 14.2. The van der Waals surface area contributed by atoms with Gasteiger partial charge in [-0.05, 0) is 41.5 Å². The zero-order valence-electron chi connectivity index (χ0n) is 14.2. The van der Waals surface area contributed by atoms with Gasteiger partial charge in [-0.1, -0.05) is 12.1 Å². The van der Waals surface area contributed by atoms with Crippen molar-refractivity contribution in [3.8, 4) is 28.7 Å². The van der Waals surface area contributed by atoms with Crippen LogP contribution in [0.15, 0.2) is 48.7 Å². The second kappa shape index (κ2) is 5.71. The lowest BCUT2D eigenvalue weighted by Crippen LogP contribution is -2.21. The van der Waals surface area contributed by atoms with E-state index in [9.17, 15) is 5.11 Å². The Kier molecular flexibility index (Phi) is 3.33. The average Bonchev–Trinajstić information content (AvgIpc) is 3.30. The van der Waals surface area contributed by atoms with Crippen LogP contribution in [0.4, 0.5) is 0 Å². The standard InChI is InChI=1S/C20H18N2O4/c1-24-17-9-12(4-6-15(17)23)18-14-3-2-8-22(14)19-13(10-21-18)5-7-16-20(19)26-11-25-16/h2-9,18,21,23H,10-11H2,1H3/t18-/m0/s1. The lowest BCUT2D eigenvalue weighted by molar-refractivity contribution is 0.173. The average molecular weight is 350 g/mol. The van der Waals surface area contributed by atoms with E-state index in [4.69, 9.17) is 14.2 Å². The number of phenols is 1. The van der Waals surface area contributed by atoms with Gasteiger partial charge < -0.3 is 29.2 Å². The number of fused-ring (bicyclic) bond motifs is 5. The molecule has 0 radical (unpaired) electrons. The molecule has 0 unspecified atom stereocenters. The fraction of sp³-hybridized carbons (Fsp3) is 0.200. The minimum absolute atomic E-state index is 0.0510. The number of phenolic OH excluding ortho intramolecular Hbond substituents is 1. The lowest BCUT2D eigenvalue weighted by Gasteiger charge is -2.19. The van der Waals surface area contributed by atoms with Gasteiger partial charge in [0.2, 0.25) is 6.79 Å². The lowest BCUT2D eigenvalue weighted by atomic mass is 10.0. The number of rotatable bonds is 2. The zero-order chi connectivity index (χ0) is 17.7. The number of ether oxygens (including phenoxy) is 3. The van der Waals surface area contributed by atoms with Gasteiger partial charge in [-0.25, -0.2) is 0 Å². The van der Waals surface area contributed by atoms with E-state index in [1.807, 2.05) is 30.5 Å². The fourth-order valence-corrected chi connectivity index (χ4v) is 3.72. The molecule has 0 bridgehead atoms. The Bertz CT molecular complexity index is 995. The Morgan fingerprint density at radius 3 is 3.00 bits per heavy atom. The molecule has 0 spiro atoms.